The van der Waals surface area contributed by atoms with E-state index in [1.54, 1.807) is 0 Å². The van der Waals surface area contributed by atoms with Gasteiger partial charge in [0.05, 0.1) is 22.4 Å². The Morgan fingerprint density at radius 3 is 2.25 bits per heavy atom. The summed E-state index contributed by atoms with van der Waals surface area (Å²) in [5.41, 5.74) is 11.7. The largest absolute Gasteiger partial charge is 0.457 e. The number of fused-ring (bicyclic) bond motifs is 3. The number of nitrogens with zero attached hydrogens (tertiary/aromatic N) is 4. The third-order valence-electron chi connectivity index (χ3n) is 10.4. The van der Waals surface area contributed by atoms with Gasteiger partial charge in [0.2, 0.25) is 0 Å². The molecule has 0 aliphatic heterocycles. The molecular formula is C46H50N4O. The molecule has 0 spiro atoms. The first-order valence-corrected chi connectivity index (χ1v) is 18.3. The van der Waals surface area contributed by atoms with Crippen molar-refractivity contribution in [1.82, 2.24) is 19.3 Å². The molecule has 3 heterocycles. The van der Waals surface area contributed by atoms with Crippen LogP contribution in [0, 0.1) is 32.1 Å². The van der Waals surface area contributed by atoms with Crippen molar-refractivity contribution in [2.45, 2.75) is 81.1 Å². The summed E-state index contributed by atoms with van der Waals surface area (Å²) in [7, 11) is 0. The molecule has 5 nitrogen and oxygen atoms in total. The van der Waals surface area contributed by atoms with Crippen LogP contribution >= 0.6 is 0 Å². The van der Waals surface area contributed by atoms with E-state index in [0.29, 0.717) is 11.8 Å². The maximum Gasteiger partial charge on any atom is 0.137 e. The zero-order chi connectivity index (χ0) is 36.0. The van der Waals surface area contributed by atoms with E-state index in [2.05, 4.69) is 163 Å². The fraction of sp³-hybridized carbons (Fsp3) is 0.304. The maximum absolute atomic E-state index is 6.81. The zero-order valence-electron chi connectivity index (χ0n) is 31.6. The number of hydrogen-bond donors (Lipinski definition) is 0. The quantitative estimate of drug-likeness (QED) is 0.153. The van der Waals surface area contributed by atoms with Crippen molar-refractivity contribution in [1.29, 1.82) is 0 Å². The summed E-state index contributed by atoms with van der Waals surface area (Å²) in [5.74, 6) is 3.50. The highest BCUT2D eigenvalue weighted by Gasteiger charge is 2.20. The van der Waals surface area contributed by atoms with Crippen molar-refractivity contribution in [3.05, 3.63) is 131 Å². The Kier molecular flexibility index (Phi) is 9.09. The van der Waals surface area contributed by atoms with Crippen LogP contribution in [0.15, 0.2) is 103 Å². The van der Waals surface area contributed by atoms with Crippen molar-refractivity contribution in [3.63, 3.8) is 0 Å². The van der Waals surface area contributed by atoms with E-state index in [9.17, 15) is 0 Å². The van der Waals surface area contributed by atoms with Gasteiger partial charge >= 0.3 is 0 Å². The lowest BCUT2D eigenvalue weighted by molar-refractivity contribution is 0.378. The van der Waals surface area contributed by atoms with Crippen LogP contribution in [0.5, 0.6) is 11.5 Å². The van der Waals surface area contributed by atoms with E-state index < -0.39 is 0 Å². The van der Waals surface area contributed by atoms with Gasteiger partial charge in [-0.3, -0.25) is 4.57 Å². The molecule has 51 heavy (non-hydrogen) atoms. The van der Waals surface area contributed by atoms with Crippen LogP contribution in [0.4, 0.5) is 0 Å². The standard InChI is InChI=1S/C46H50N4O/c1-29(2)31(4)36-15-18-42-41(26-36)40-17-16-38(28-43(40)49(42)44-23-30(3)20-22-47-44)51-39-25-34(19-21-46(7,8)9)24-37(27-39)50-33(6)45(32(5)48-50)35-13-11-10-12-14-35/h10-18,20,22-29,31H,19,21H2,1-9H3. The summed E-state index contributed by atoms with van der Waals surface area (Å²) in [6.07, 6.45) is 3.90. The molecule has 4 aromatic carbocycles. The summed E-state index contributed by atoms with van der Waals surface area (Å²) < 4.78 is 11.2. The molecule has 0 N–H and O–H groups in total. The first kappa shape index (κ1) is 34.3. The van der Waals surface area contributed by atoms with Gasteiger partial charge in [0.15, 0.2) is 0 Å². The normalized spacial score (nSPS) is 12.7. The van der Waals surface area contributed by atoms with Gasteiger partial charge in [0, 0.05) is 40.4 Å². The van der Waals surface area contributed by atoms with Crippen LogP contribution in [-0.4, -0.2) is 19.3 Å². The number of ether oxygens (including phenoxy) is 1. The SMILES string of the molecule is Cc1ccnc(-n2c3ccc(C(C)C(C)C)cc3c3ccc(Oc4cc(CCC(C)(C)C)cc(-n5nc(C)c(-c6ccccc6)c5C)c4)cc32)c1. The Hall–Kier alpha value is -5.16. The Labute approximate surface area is 302 Å². The van der Waals surface area contributed by atoms with Crippen LogP contribution in [-0.2, 0) is 6.42 Å². The molecule has 0 amide bonds. The monoisotopic (exact) mass is 674 g/mol. The molecule has 0 radical (unpaired) electrons. The third-order valence-corrected chi connectivity index (χ3v) is 10.4. The number of pyridine rings is 1. The van der Waals surface area contributed by atoms with Gasteiger partial charge in [-0.05, 0) is 122 Å². The molecule has 0 saturated heterocycles. The summed E-state index contributed by atoms with van der Waals surface area (Å²) in [6.45, 7) is 20.2. The van der Waals surface area contributed by atoms with Gasteiger partial charge in [-0.25, -0.2) is 9.67 Å². The minimum absolute atomic E-state index is 0.213. The van der Waals surface area contributed by atoms with E-state index in [4.69, 9.17) is 14.8 Å². The smallest absolute Gasteiger partial charge is 0.137 e. The van der Waals surface area contributed by atoms with Crippen molar-refractivity contribution in [2.24, 2.45) is 11.3 Å². The first-order valence-electron chi connectivity index (χ1n) is 18.3. The van der Waals surface area contributed by atoms with E-state index >= 15 is 0 Å². The molecular weight excluding hydrogens is 625 g/mol. The van der Waals surface area contributed by atoms with Gasteiger partial charge in [0.25, 0.3) is 0 Å². The van der Waals surface area contributed by atoms with Gasteiger partial charge in [-0.15, -0.1) is 0 Å². The fourth-order valence-corrected chi connectivity index (χ4v) is 7.18. The molecule has 3 aromatic heterocycles. The highest BCUT2D eigenvalue weighted by atomic mass is 16.5. The molecule has 0 aliphatic rings. The minimum Gasteiger partial charge on any atom is -0.457 e. The number of rotatable bonds is 9. The van der Waals surface area contributed by atoms with Crippen molar-refractivity contribution >= 4 is 21.8 Å². The number of aromatic nitrogens is 4. The predicted octanol–water partition coefficient (Wildman–Crippen LogP) is 12.5. The Morgan fingerprint density at radius 1 is 0.745 bits per heavy atom. The summed E-state index contributed by atoms with van der Waals surface area (Å²) in [4.78, 5) is 4.83. The molecule has 0 bridgehead atoms. The molecule has 0 saturated carbocycles. The summed E-state index contributed by atoms with van der Waals surface area (Å²) in [6, 6.07) is 34.7. The van der Waals surface area contributed by atoms with E-state index in [0.717, 1.165) is 58.3 Å². The third kappa shape index (κ3) is 6.95. The molecule has 260 valence electrons. The van der Waals surface area contributed by atoms with Crippen molar-refractivity contribution in [3.8, 4) is 34.1 Å². The topological polar surface area (TPSA) is 44.9 Å². The van der Waals surface area contributed by atoms with Crippen molar-refractivity contribution in [2.75, 3.05) is 0 Å². The van der Waals surface area contributed by atoms with Crippen molar-refractivity contribution < 1.29 is 4.74 Å². The molecule has 1 unspecified atom stereocenters. The molecule has 7 aromatic rings. The maximum atomic E-state index is 6.81. The Balaban J connectivity index is 1.35. The molecule has 0 fully saturated rings. The number of aryl methyl sites for hydroxylation is 3. The number of benzene rings is 4. The lowest BCUT2D eigenvalue weighted by Gasteiger charge is -2.19. The van der Waals surface area contributed by atoms with E-state index in [-0.39, 0.29) is 5.41 Å². The predicted molar refractivity (Wildman–Crippen MR) is 213 cm³/mol. The molecule has 5 heteroatoms. The van der Waals surface area contributed by atoms with Gasteiger partial charge in [-0.2, -0.15) is 5.10 Å². The Bertz CT molecular complexity index is 2350. The summed E-state index contributed by atoms with van der Waals surface area (Å²) >= 11 is 0. The zero-order valence-corrected chi connectivity index (χ0v) is 31.6. The van der Waals surface area contributed by atoms with Crippen LogP contribution in [0.2, 0.25) is 0 Å². The average Bonchev–Trinajstić information content (AvgIpc) is 3.58. The highest BCUT2D eigenvalue weighted by Crippen LogP contribution is 2.38. The summed E-state index contributed by atoms with van der Waals surface area (Å²) in [5, 5.41) is 7.47. The molecule has 1 atom stereocenters. The fourth-order valence-electron chi connectivity index (χ4n) is 7.18. The number of hydrogen-bond acceptors (Lipinski definition) is 3. The highest BCUT2D eigenvalue weighted by molar-refractivity contribution is 6.09. The molecule has 7 rings (SSSR count). The second-order valence-electron chi connectivity index (χ2n) is 15.8. The van der Waals surface area contributed by atoms with Crippen LogP contribution in [0.1, 0.15) is 82.0 Å². The minimum atomic E-state index is 0.213. The average molecular weight is 675 g/mol. The molecule has 0 aliphatic carbocycles. The van der Waals surface area contributed by atoms with Gasteiger partial charge in [-0.1, -0.05) is 77.9 Å². The Morgan fingerprint density at radius 2 is 1.53 bits per heavy atom. The van der Waals surface area contributed by atoms with Gasteiger partial charge < -0.3 is 4.74 Å². The lowest BCUT2D eigenvalue weighted by Crippen LogP contribution is -2.07. The van der Waals surface area contributed by atoms with E-state index in [1.807, 2.05) is 12.3 Å². The second kappa shape index (κ2) is 13.5. The lowest BCUT2D eigenvalue weighted by atomic mass is 9.88. The second-order valence-corrected chi connectivity index (χ2v) is 15.8. The van der Waals surface area contributed by atoms with Crippen LogP contribution in [0.25, 0.3) is 44.4 Å². The first-order chi connectivity index (χ1) is 24.4. The van der Waals surface area contributed by atoms with E-state index in [1.165, 1.54) is 38.6 Å². The van der Waals surface area contributed by atoms with Crippen LogP contribution < -0.4 is 4.74 Å². The van der Waals surface area contributed by atoms with Gasteiger partial charge in [0.1, 0.15) is 17.3 Å². The van der Waals surface area contributed by atoms with Crippen LogP contribution in [0.3, 0.4) is 0 Å².